The molecule has 0 saturated carbocycles. The minimum atomic E-state index is -4.50. The van der Waals surface area contributed by atoms with Gasteiger partial charge in [0.05, 0.1) is 12.2 Å². The van der Waals surface area contributed by atoms with E-state index in [4.69, 9.17) is 23.6 Å². The number of hydrogen-bond acceptors (Lipinski definition) is 5. The molecule has 0 aromatic carbocycles. The van der Waals surface area contributed by atoms with Crippen LogP contribution in [0.5, 0.6) is 0 Å². The number of phosphoric ester groups is 1. The van der Waals surface area contributed by atoms with E-state index in [0.717, 1.165) is 44.9 Å². The molecule has 1 unspecified atom stereocenters. The number of ether oxygens (including phenoxy) is 1. The van der Waals surface area contributed by atoms with Gasteiger partial charge in [-0.1, -0.05) is 34.1 Å². The molecule has 8 nitrogen and oxygen atoms in total. The third kappa shape index (κ3) is 13.6. The molecular weight excluding hydrogens is 430 g/mol. The van der Waals surface area contributed by atoms with Gasteiger partial charge in [-0.05, 0) is 63.2 Å². The molecule has 3 N–H and O–H groups in total. The Morgan fingerprint density at radius 2 is 1.27 bits per heavy atom. The summed E-state index contributed by atoms with van der Waals surface area (Å²) < 4.78 is 38.6. The van der Waals surface area contributed by atoms with E-state index < -0.39 is 21.0 Å². The van der Waals surface area contributed by atoms with Gasteiger partial charge in [-0.15, -0.1) is 0 Å². The molecular formula is C20H44O8P2. The molecule has 0 heterocycles. The molecule has 0 rings (SSSR count). The smallest absolute Gasteiger partial charge is 0.381 e. The molecule has 0 aromatic rings. The van der Waals surface area contributed by atoms with Crippen molar-refractivity contribution in [1.29, 1.82) is 0 Å². The number of phosphoric acid groups is 1. The second kappa shape index (κ2) is 14.4. The van der Waals surface area contributed by atoms with E-state index in [0.29, 0.717) is 39.1 Å². The van der Waals surface area contributed by atoms with Crippen LogP contribution in [-0.4, -0.2) is 46.8 Å². The molecule has 0 aliphatic heterocycles. The Balaban J connectivity index is 4.10. The Hall–Kier alpha value is 0.220. The van der Waals surface area contributed by atoms with Crippen LogP contribution in [0.3, 0.4) is 0 Å². The summed E-state index contributed by atoms with van der Waals surface area (Å²) in [6.45, 7) is 10.7. The molecule has 30 heavy (non-hydrogen) atoms. The van der Waals surface area contributed by atoms with Crippen molar-refractivity contribution < 1.29 is 37.6 Å². The van der Waals surface area contributed by atoms with Crippen LogP contribution in [0, 0.1) is 5.41 Å². The van der Waals surface area contributed by atoms with Crippen LogP contribution in [0.25, 0.3) is 0 Å². The zero-order chi connectivity index (χ0) is 23.3. The van der Waals surface area contributed by atoms with E-state index in [1.807, 2.05) is 13.8 Å². The van der Waals surface area contributed by atoms with Crippen molar-refractivity contribution in [2.75, 3.05) is 26.5 Å². The molecule has 0 aromatic heterocycles. The second-order valence-corrected chi connectivity index (χ2v) is 11.3. The lowest BCUT2D eigenvalue weighted by molar-refractivity contribution is 0.0152. The van der Waals surface area contributed by atoms with Crippen LogP contribution in [0.2, 0.25) is 0 Å². The number of rotatable bonds is 19. The first-order valence-electron chi connectivity index (χ1n) is 11.2. The fourth-order valence-electron chi connectivity index (χ4n) is 3.62. The van der Waals surface area contributed by atoms with Gasteiger partial charge in [-0.25, -0.2) is 4.57 Å². The summed E-state index contributed by atoms with van der Waals surface area (Å²) in [4.78, 5) is 27.7. The van der Waals surface area contributed by atoms with Gasteiger partial charge in [-0.3, -0.25) is 9.09 Å². The van der Waals surface area contributed by atoms with Crippen LogP contribution in [-0.2, 0) is 22.9 Å². The normalized spacial score (nSPS) is 15.3. The highest BCUT2D eigenvalue weighted by atomic mass is 31.2. The minimum Gasteiger partial charge on any atom is -0.381 e. The van der Waals surface area contributed by atoms with Crippen LogP contribution < -0.4 is 0 Å². The van der Waals surface area contributed by atoms with Crippen LogP contribution in [0.15, 0.2) is 0 Å². The Labute approximate surface area is 182 Å². The first kappa shape index (κ1) is 30.2. The Morgan fingerprint density at radius 3 is 1.67 bits per heavy atom. The van der Waals surface area contributed by atoms with Crippen molar-refractivity contribution in [2.45, 2.75) is 97.5 Å². The van der Waals surface area contributed by atoms with E-state index in [1.165, 1.54) is 6.66 Å². The molecule has 0 bridgehead atoms. The van der Waals surface area contributed by atoms with Crippen LogP contribution in [0.4, 0.5) is 0 Å². The zero-order valence-corrected chi connectivity index (χ0v) is 21.3. The molecule has 0 saturated heterocycles. The molecule has 0 radical (unpaired) electrons. The first-order chi connectivity index (χ1) is 13.9. The van der Waals surface area contributed by atoms with Gasteiger partial charge in [-0.2, -0.15) is 0 Å². The molecule has 10 heteroatoms. The fraction of sp³-hybridized carbons (Fsp3) is 1.00. The highest BCUT2D eigenvalue weighted by Crippen LogP contribution is 2.46. The van der Waals surface area contributed by atoms with E-state index in [-0.39, 0.29) is 5.41 Å². The lowest BCUT2D eigenvalue weighted by Gasteiger charge is -2.32. The molecule has 0 aliphatic rings. The summed E-state index contributed by atoms with van der Waals surface area (Å²) >= 11 is 0. The number of hydrogen-bond donors (Lipinski definition) is 3. The minimum absolute atomic E-state index is 0.0725. The maximum absolute atomic E-state index is 11.4. The van der Waals surface area contributed by atoms with Gasteiger partial charge in [0, 0.05) is 19.9 Å². The third-order valence-corrected chi connectivity index (χ3v) is 7.36. The summed E-state index contributed by atoms with van der Waals surface area (Å²) in [5.41, 5.74) is -0.849. The average Bonchev–Trinajstić information content (AvgIpc) is 2.66. The predicted octanol–water partition coefficient (Wildman–Crippen LogP) is 5.65. The Morgan fingerprint density at radius 1 is 0.767 bits per heavy atom. The van der Waals surface area contributed by atoms with Gasteiger partial charge in [0.2, 0.25) is 0 Å². The topological polar surface area (TPSA) is 123 Å². The lowest BCUT2D eigenvalue weighted by atomic mass is 9.79. The highest BCUT2D eigenvalue weighted by Gasteiger charge is 2.34. The average molecular weight is 475 g/mol. The van der Waals surface area contributed by atoms with Crippen molar-refractivity contribution in [1.82, 2.24) is 0 Å². The highest BCUT2D eigenvalue weighted by molar-refractivity contribution is 7.51. The molecule has 0 amide bonds. The molecule has 0 fully saturated rings. The predicted molar refractivity (Wildman–Crippen MR) is 120 cm³/mol. The quantitative estimate of drug-likeness (QED) is 0.162. The summed E-state index contributed by atoms with van der Waals surface area (Å²) in [5, 5.41) is 0. The number of unbranched alkanes of at least 4 members (excludes halogenated alkanes) is 2. The summed E-state index contributed by atoms with van der Waals surface area (Å²) in [6, 6.07) is 0. The molecule has 0 aliphatic carbocycles. The van der Waals surface area contributed by atoms with E-state index in [2.05, 4.69) is 13.8 Å². The maximum Gasteiger partial charge on any atom is 0.470 e. The van der Waals surface area contributed by atoms with Gasteiger partial charge in [0.25, 0.3) is 0 Å². The maximum atomic E-state index is 11.4. The van der Waals surface area contributed by atoms with Crippen LogP contribution in [0.1, 0.15) is 91.9 Å². The van der Waals surface area contributed by atoms with E-state index >= 15 is 0 Å². The van der Waals surface area contributed by atoms with E-state index in [9.17, 15) is 14.0 Å². The van der Waals surface area contributed by atoms with Crippen molar-refractivity contribution in [3.05, 3.63) is 0 Å². The van der Waals surface area contributed by atoms with Gasteiger partial charge >= 0.3 is 15.4 Å². The van der Waals surface area contributed by atoms with Gasteiger partial charge in [0.1, 0.15) is 0 Å². The monoisotopic (exact) mass is 474 g/mol. The zero-order valence-electron chi connectivity index (χ0n) is 19.5. The van der Waals surface area contributed by atoms with Crippen molar-refractivity contribution in [2.24, 2.45) is 5.41 Å². The standard InChI is InChI=1S/C20H44O8P2/c1-6-19(7-2,18-27-29(5,21)22)14-10-12-16-26-17-13-11-15-20(8-3,9-4)28-30(23,24)25/h6-18H2,1-5H3,(H,21,22)(H2,23,24,25). The third-order valence-electron chi connectivity index (χ3n) is 6.13. The van der Waals surface area contributed by atoms with Crippen molar-refractivity contribution in [3.8, 4) is 0 Å². The fourth-order valence-corrected chi connectivity index (χ4v) is 4.99. The summed E-state index contributed by atoms with van der Waals surface area (Å²) in [5.74, 6) is 0. The van der Waals surface area contributed by atoms with Gasteiger partial charge < -0.3 is 23.9 Å². The second-order valence-electron chi connectivity index (χ2n) is 8.28. The Bertz CT molecular complexity index is 535. The largest absolute Gasteiger partial charge is 0.470 e. The van der Waals surface area contributed by atoms with Gasteiger partial charge in [0.15, 0.2) is 0 Å². The SMILES string of the molecule is CCC(CC)(CCCCOCCCCC(CC)(CC)OP(=O)(O)O)COP(C)(=O)O. The van der Waals surface area contributed by atoms with Crippen LogP contribution >= 0.6 is 15.4 Å². The van der Waals surface area contributed by atoms with Crippen molar-refractivity contribution >= 4 is 15.4 Å². The molecule has 182 valence electrons. The van der Waals surface area contributed by atoms with E-state index in [1.54, 1.807) is 0 Å². The molecule has 0 spiro atoms. The Kier molecular flexibility index (Phi) is 14.5. The molecule has 1 atom stereocenters. The summed E-state index contributed by atoms with van der Waals surface area (Å²) in [6.07, 6.45) is 7.92. The first-order valence-corrected chi connectivity index (χ1v) is 14.7. The lowest BCUT2D eigenvalue weighted by Crippen LogP contribution is -2.30. The summed E-state index contributed by atoms with van der Waals surface area (Å²) in [7, 11) is -7.95. The van der Waals surface area contributed by atoms with Crippen molar-refractivity contribution in [3.63, 3.8) is 0 Å².